The van der Waals surface area contributed by atoms with Crippen molar-refractivity contribution < 1.29 is 52.8 Å². The van der Waals surface area contributed by atoms with Crippen molar-refractivity contribution in [2.45, 2.75) is 97.2 Å². The van der Waals surface area contributed by atoms with Gasteiger partial charge >= 0.3 is 23.9 Å². The predicted molar refractivity (Wildman–Crippen MR) is 134 cm³/mol. The molecule has 0 saturated heterocycles. The average molecular weight is 549 g/mol. The first-order chi connectivity index (χ1) is 17.8. The Labute approximate surface area is 226 Å². The van der Waals surface area contributed by atoms with E-state index in [4.69, 9.17) is 18.9 Å². The highest BCUT2D eigenvalue weighted by Crippen LogP contribution is 2.55. The maximum Gasteiger partial charge on any atom is 0.303 e. The smallest absolute Gasteiger partial charge is 0.303 e. The topological polar surface area (TPSA) is 160 Å². The third-order valence-electron chi connectivity index (χ3n) is 7.94. The molecule has 0 spiro atoms. The van der Waals surface area contributed by atoms with E-state index in [0.29, 0.717) is 0 Å². The number of Topliss-reactive ketones (excluding diaryl/α,β-unsaturated/α-hetero) is 1. The molecule has 0 radical (unpaired) electrons. The van der Waals surface area contributed by atoms with Crippen LogP contribution in [-0.4, -0.2) is 69.6 Å². The van der Waals surface area contributed by atoms with Gasteiger partial charge in [0.05, 0.1) is 5.92 Å². The third-order valence-corrected chi connectivity index (χ3v) is 7.94. The van der Waals surface area contributed by atoms with Crippen molar-refractivity contribution in [1.29, 1.82) is 0 Å². The zero-order valence-corrected chi connectivity index (χ0v) is 23.5. The summed E-state index contributed by atoms with van der Waals surface area (Å²) in [6, 6.07) is 0. The summed E-state index contributed by atoms with van der Waals surface area (Å²) in [4.78, 5) is 77.1. The maximum atomic E-state index is 14.3. The molecule has 2 bridgehead atoms. The number of ether oxygens (including phenoxy) is 4. The molecule has 1 fully saturated rings. The highest BCUT2D eigenvalue weighted by atomic mass is 16.6. The number of aliphatic hydroxyl groups is 1. The lowest BCUT2D eigenvalue weighted by Gasteiger charge is -2.40. The van der Waals surface area contributed by atoms with Gasteiger partial charge in [0.15, 0.2) is 28.9 Å². The molecule has 1 saturated carbocycles. The number of hydrogen-bond donors (Lipinski definition) is 1. The van der Waals surface area contributed by atoms with Gasteiger partial charge in [-0.2, -0.15) is 0 Å². The third kappa shape index (κ3) is 5.16. The molecule has 0 unspecified atom stereocenters. The van der Waals surface area contributed by atoms with Crippen LogP contribution < -0.4 is 0 Å². The van der Waals surface area contributed by atoms with E-state index in [1.54, 1.807) is 26.8 Å². The first-order valence-electron chi connectivity index (χ1n) is 12.7. The number of fused-ring (bicyclic) bond motifs is 3. The van der Waals surface area contributed by atoms with Crippen LogP contribution in [0, 0.1) is 17.3 Å². The van der Waals surface area contributed by atoms with Gasteiger partial charge in [-0.1, -0.05) is 32.9 Å². The number of rotatable bonds is 4. The lowest BCUT2D eigenvalue weighted by atomic mass is 9.71. The molecule has 3 rings (SSSR count). The van der Waals surface area contributed by atoms with Crippen LogP contribution in [0.2, 0.25) is 0 Å². The highest BCUT2D eigenvalue weighted by molar-refractivity contribution is 6.02. The maximum absolute atomic E-state index is 14.3. The van der Waals surface area contributed by atoms with Crippen LogP contribution in [0.1, 0.15) is 68.2 Å². The average Bonchev–Trinajstić information content (AvgIpc) is 3.20. The lowest BCUT2D eigenvalue weighted by molar-refractivity contribution is -0.189. The molecular weight excluding hydrogens is 512 g/mol. The van der Waals surface area contributed by atoms with Gasteiger partial charge < -0.3 is 24.1 Å². The van der Waals surface area contributed by atoms with E-state index in [1.165, 1.54) is 13.0 Å². The Morgan fingerprint density at radius 1 is 0.897 bits per heavy atom. The Kier molecular flexibility index (Phi) is 7.75. The van der Waals surface area contributed by atoms with E-state index >= 15 is 0 Å². The summed E-state index contributed by atoms with van der Waals surface area (Å²) in [5.74, 6) is -6.90. The predicted octanol–water partition coefficient (Wildman–Crippen LogP) is 1.92. The van der Waals surface area contributed by atoms with Crippen LogP contribution in [0.15, 0.2) is 23.8 Å². The summed E-state index contributed by atoms with van der Waals surface area (Å²) in [7, 11) is 0. The highest BCUT2D eigenvalue weighted by Gasteiger charge is 2.72. The van der Waals surface area contributed by atoms with Gasteiger partial charge in [0.2, 0.25) is 0 Å². The van der Waals surface area contributed by atoms with Crippen molar-refractivity contribution in [2.75, 3.05) is 0 Å². The summed E-state index contributed by atoms with van der Waals surface area (Å²) >= 11 is 0. The van der Waals surface area contributed by atoms with Gasteiger partial charge in [0.25, 0.3) is 0 Å². The Morgan fingerprint density at radius 2 is 1.46 bits per heavy atom. The largest absolute Gasteiger partial charge is 0.458 e. The first-order valence-corrected chi connectivity index (χ1v) is 12.7. The van der Waals surface area contributed by atoms with E-state index < -0.39 is 88.1 Å². The SMILES string of the molecule is CC(=O)O[C@@H]1[C@@H]2[C@@H](OC(C)=O)C3=CC(=O)[C@@](O)(C3)C(C)(C)/C=C\[C@@H](C)C(=O)[C@@]2(OC(C)=O)C[C@@]1(C)OC(C)=O. The second-order valence-electron chi connectivity index (χ2n) is 11.5. The number of carbonyl (C=O) groups excluding carboxylic acids is 6. The second kappa shape index (κ2) is 10.0. The Morgan fingerprint density at radius 3 is 1.97 bits per heavy atom. The van der Waals surface area contributed by atoms with Gasteiger partial charge in [-0.3, -0.25) is 28.8 Å². The minimum Gasteiger partial charge on any atom is -0.458 e. The van der Waals surface area contributed by atoms with Crippen molar-refractivity contribution in [1.82, 2.24) is 0 Å². The van der Waals surface area contributed by atoms with Crippen LogP contribution in [0.25, 0.3) is 0 Å². The minimum atomic E-state index is -2.13. The summed E-state index contributed by atoms with van der Waals surface area (Å²) in [5.41, 5.74) is -6.82. The summed E-state index contributed by atoms with van der Waals surface area (Å²) in [5, 5.41) is 11.6. The standard InChI is InChI=1S/C28H36O11/c1-14-9-10-25(6,7)28(35)12-19(11-20(28)33)22(36-15(2)29)21-24(37-16(3)30)26(8,38-17(4)31)13-27(21,23(14)34)39-18(5)32/h9-11,14,21-22,24,35H,12-13H2,1-8H3/b10-9-/t14-,21+,22+,24-,26-,27-,28+/m1/s1. The number of hydrogen-bond acceptors (Lipinski definition) is 11. The van der Waals surface area contributed by atoms with Crippen LogP contribution in [0.5, 0.6) is 0 Å². The second-order valence-corrected chi connectivity index (χ2v) is 11.5. The fraction of sp³-hybridized carbons (Fsp3) is 0.643. The van der Waals surface area contributed by atoms with Gasteiger partial charge in [-0.05, 0) is 18.6 Å². The van der Waals surface area contributed by atoms with E-state index in [9.17, 15) is 33.9 Å². The molecule has 0 amide bonds. The van der Waals surface area contributed by atoms with Crippen LogP contribution in [0.3, 0.4) is 0 Å². The Hall–Kier alpha value is -3.34. The van der Waals surface area contributed by atoms with Gasteiger partial charge in [-0.25, -0.2) is 0 Å². The minimum absolute atomic E-state index is 0.132. The van der Waals surface area contributed by atoms with Crippen LogP contribution in [0.4, 0.5) is 0 Å². The zero-order valence-electron chi connectivity index (χ0n) is 23.5. The van der Waals surface area contributed by atoms with Crippen molar-refractivity contribution in [2.24, 2.45) is 17.3 Å². The summed E-state index contributed by atoms with van der Waals surface area (Å²) < 4.78 is 22.8. The zero-order chi connectivity index (χ0) is 29.7. The molecule has 0 aromatic rings. The molecule has 39 heavy (non-hydrogen) atoms. The fourth-order valence-electron chi connectivity index (χ4n) is 6.23. The van der Waals surface area contributed by atoms with Gasteiger partial charge in [0, 0.05) is 51.9 Å². The van der Waals surface area contributed by atoms with E-state index in [0.717, 1.165) is 33.8 Å². The van der Waals surface area contributed by atoms with Gasteiger partial charge in [0.1, 0.15) is 11.7 Å². The quantitative estimate of drug-likeness (QED) is 0.311. The molecule has 3 aliphatic carbocycles. The number of carbonyl (C=O) groups is 6. The van der Waals surface area contributed by atoms with E-state index in [2.05, 4.69) is 0 Å². The molecular formula is C28H36O11. The van der Waals surface area contributed by atoms with Crippen molar-refractivity contribution in [3.8, 4) is 0 Å². The number of esters is 4. The molecule has 214 valence electrons. The monoisotopic (exact) mass is 548 g/mol. The van der Waals surface area contributed by atoms with Crippen molar-refractivity contribution in [3.63, 3.8) is 0 Å². The van der Waals surface area contributed by atoms with Crippen molar-refractivity contribution >= 4 is 35.4 Å². The molecule has 7 atom stereocenters. The molecule has 11 nitrogen and oxygen atoms in total. The molecule has 0 aliphatic heterocycles. The number of allylic oxidation sites excluding steroid dienone is 1. The normalized spacial score (nSPS) is 38.0. The van der Waals surface area contributed by atoms with Gasteiger partial charge in [-0.15, -0.1) is 0 Å². The van der Waals surface area contributed by atoms with Crippen LogP contribution >= 0.6 is 0 Å². The van der Waals surface area contributed by atoms with Crippen molar-refractivity contribution in [3.05, 3.63) is 23.8 Å². The van der Waals surface area contributed by atoms with E-state index in [1.807, 2.05) is 0 Å². The molecule has 0 heterocycles. The van der Waals surface area contributed by atoms with Crippen LogP contribution in [-0.2, 0) is 47.7 Å². The fourth-order valence-corrected chi connectivity index (χ4v) is 6.23. The summed E-state index contributed by atoms with van der Waals surface area (Å²) in [6.45, 7) is 10.7. The first kappa shape index (κ1) is 30.2. The number of ketones is 2. The molecule has 3 aliphatic rings. The molecule has 1 N–H and O–H groups in total. The molecule has 0 aromatic heterocycles. The molecule has 0 aromatic carbocycles. The molecule has 11 heteroatoms. The summed E-state index contributed by atoms with van der Waals surface area (Å²) in [6.07, 6.45) is 0.550. The Balaban J connectivity index is 2.45. The lowest BCUT2D eigenvalue weighted by Crippen LogP contribution is -2.56. The van der Waals surface area contributed by atoms with E-state index in [-0.39, 0.29) is 12.0 Å². The Bertz CT molecular complexity index is 1180.